The molecule has 23 heavy (non-hydrogen) atoms. The lowest BCUT2D eigenvalue weighted by Gasteiger charge is -2.19. The highest BCUT2D eigenvalue weighted by Gasteiger charge is 2.19. The van der Waals surface area contributed by atoms with Crippen molar-refractivity contribution in [3.63, 3.8) is 0 Å². The van der Waals surface area contributed by atoms with Gasteiger partial charge in [-0.15, -0.1) is 0 Å². The van der Waals surface area contributed by atoms with Crippen LogP contribution in [0.3, 0.4) is 0 Å². The Morgan fingerprint density at radius 3 is 2.74 bits per heavy atom. The molecule has 0 saturated carbocycles. The molecule has 3 rings (SSSR count). The SMILES string of the molecule is O=[N+]([O-])c1cccnc1N[C@H](Cn1cncn1)c1ccccc1. The second kappa shape index (κ2) is 6.65. The van der Waals surface area contributed by atoms with Crippen molar-refractivity contribution in [3.05, 3.63) is 77.0 Å². The van der Waals surface area contributed by atoms with Gasteiger partial charge in [0, 0.05) is 12.3 Å². The van der Waals surface area contributed by atoms with Gasteiger partial charge in [-0.1, -0.05) is 30.3 Å². The van der Waals surface area contributed by atoms with Gasteiger partial charge in [0.15, 0.2) is 0 Å². The summed E-state index contributed by atoms with van der Waals surface area (Å²) in [4.78, 5) is 18.7. The lowest BCUT2D eigenvalue weighted by atomic mass is 10.1. The maximum absolute atomic E-state index is 11.2. The van der Waals surface area contributed by atoms with Crippen LogP contribution in [0.5, 0.6) is 0 Å². The van der Waals surface area contributed by atoms with Crippen molar-refractivity contribution in [1.82, 2.24) is 19.7 Å². The van der Waals surface area contributed by atoms with E-state index in [0.717, 1.165) is 5.56 Å². The standard InChI is InChI=1S/C15H14N6O2/c22-21(23)14-7-4-8-17-15(14)19-13(9-20-11-16-10-18-20)12-5-2-1-3-6-12/h1-8,10-11,13H,9H2,(H,17,19)/t13-/m1/s1. The Balaban J connectivity index is 1.91. The van der Waals surface area contributed by atoms with Crippen LogP contribution in [0, 0.1) is 10.1 Å². The Hall–Kier alpha value is -3.29. The highest BCUT2D eigenvalue weighted by Crippen LogP contribution is 2.26. The zero-order chi connectivity index (χ0) is 16.1. The van der Waals surface area contributed by atoms with Crippen molar-refractivity contribution < 1.29 is 4.92 Å². The Bertz CT molecular complexity index is 776. The summed E-state index contributed by atoms with van der Waals surface area (Å²) in [5.74, 6) is 0.228. The van der Waals surface area contributed by atoms with Crippen LogP contribution < -0.4 is 5.32 Å². The van der Waals surface area contributed by atoms with Crippen LogP contribution in [-0.4, -0.2) is 24.7 Å². The molecule has 0 saturated heterocycles. The van der Waals surface area contributed by atoms with E-state index in [1.54, 1.807) is 11.0 Å². The first-order chi connectivity index (χ1) is 11.2. The number of nitrogens with one attached hydrogen (secondary N) is 1. The fraction of sp³-hybridized carbons (Fsp3) is 0.133. The average molecular weight is 310 g/mol. The molecule has 0 bridgehead atoms. The summed E-state index contributed by atoms with van der Waals surface area (Å²) in [6.07, 6.45) is 4.57. The lowest BCUT2D eigenvalue weighted by molar-refractivity contribution is -0.384. The largest absolute Gasteiger partial charge is 0.356 e. The molecule has 0 radical (unpaired) electrons. The molecule has 0 amide bonds. The molecular weight excluding hydrogens is 296 g/mol. The Morgan fingerprint density at radius 2 is 2.04 bits per heavy atom. The van der Waals surface area contributed by atoms with Crippen LogP contribution in [-0.2, 0) is 6.54 Å². The minimum atomic E-state index is -0.452. The van der Waals surface area contributed by atoms with Crippen molar-refractivity contribution in [2.45, 2.75) is 12.6 Å². The van der Waals surface area contributed by atoms with Crippen LogP contribution in [0.25, 0.3) is 0 Å². The molecular formula is C15H14N6O2. The molecule has 8 nitrogen and oxygen atoms in total. The first-order valence-electron chi connectivity index (χ1n) is 6.97. The maximum Gasteiger partial charge on any atom is 0.311 e. The summed E-state index contributed by atoms with van der Waals surface area (Å²) >= 11 is 0. The number of hydrogen-bond donors (Lipinski definition) is 1. The molecule has 0 fully saturated rings. The van der Waals surface area contributed by atoms with Crippen molar-refractivity contribution in [1.29, 1.82) is 0 Å². The topological polar surface area (TPSA) is 98.8 Å². The number of rotatable bonds is 6. The highest BCUT2D eigenvalue weighted by atomic mass is 16.6. The number of hydrogen-bond acceptors (Lipinski definition) is 6. The number of aromatic nitrogens is 4. The van der Waals surface area contributed by atoms with E-state index in [4.69, 9.17) is 0 Å². The van der Waals surface area contributed by atoms with Crippen molar-refractivity contribution in [2.75, 3.05) is 5.32 Å². The lowest BCUT2D eigenvalue weighted by Crippen LogP contribution is -2.19. The fourth-order valence-corrected chi connectivity index (χ4v) is 2.25. The van der Waals surface area contributed by atoms with Crippen LogP contribution >= 0.6 is 0 Å². The molecule has 0 aliphatic heterocycles. The summed E-state index contributed by atoms with van der Waals surface area (Å²) in [5, 5.41) is 18.4. The highest BCUT2D eigenvalue weighted by molar-refractivity contribution is 5.56. The fourth-order valence-electron chi connectivity index (χ4n) is 2.25. The summed E-state index contributed by atoms with van der Waals surface area (Å²) in [5.41, 5.74) is 0.912. The molecule has 2 aromatic heterocycles. The van der Waals surface area contributed by atoms with Crippen molar-refractivity contribution >= 4 is 11.5 Å². The van der Waals surface area contributed by atoms with E-state index in [1.165, 1.54) is 24.7 Å². The van der Waals surface area contributed by atoms with Gasteiger partial charge >= 0.3 is 5.69 Å². The predicted molar refractivity (Wildman–Crippen MR) is 83.7 cm³/mol. The van der Waals surface area contributed by atoms with Gasteiger partial charge in [-0.25, -0.2) is 9.97 Å². The molecule has 3 aromatic rings. The van der Waals surface area contributed by atoms with Gasteiger partial charge in [0.25, 0.3) is 0 Å². The summed E-state index contributed by atoms with van der Waals surface area (Å²) in [6.45, 7) is 0.470. The molecule has 1 atom stereocenters. The molecule has 0 unspecified atom stereocenters. The number of benzene rings is 1. The Kier molecular flexibility index (Phi) is 4.23. The van der Waals surface area contributed by atoms with E-state index >= 15 is 0 Å². The number of nitrogens with zero attached hydrogens (tertiary/aromatic N) is 5. The molecule has 1 aromatic carbocycles. The van der Waals surface area contributed by atoms with E-state index in [2.05, 4.69) is 20.4 Å². The van der Waals surface area contributed by atoms with Crippen LogP contribution in [0.1, 0.15) is 11.6 Å². The Labute approximate surface area is 132 Å². The predicted octanol–water partition coefficient (Wildman–Crippen LogP) is 2.43. The summed E-state index contributed by atoms with van der Waals surface area (Å²) < 4.78 is 1.67. The van der Waals surface area contributed by atoms with Gasteiger partial charge in [0.05, 0.1) is 17.5 Å². The molecule has 1 N–H and O–H groups in total. The van der Waals surface area contributed by atoms with Crippen LogP contribution in [0.15, 0.2) is 61.3 Å². The van der Waals surface area contributed by atoms with Crippen molar-refractivity contribution in [2.24, 2.45) is 0 Å². The van der Waals surface area contributed by atoms with E-state index < -0.39 is 4.92 Å². The molecule has 0 aliphatic rings. The first kappa shape index (κ1) is 14.6. The van der Waals surface area contributed by atoms with E-state index in [1.807, 2.05) is 30.3 Å². The van der Waals surface area contributed by atoms with E-state index in [9.17, 15) is 10.1 Å². The van der Waals surface area contributed by atoms with Gasteiger partial charge in [-0.05, 0) is 11.6 Å². The zero-order valence-electron chi connectivity index (χ0n) is 12.1. The smallest absolute Gasteiger partial charge is 0.311 e. The monoisotopic (exact) mass is 310 g/mol. The van der Waals surface area contributed by atoms with E-state index in [-0.39, 0.29) is 17.5 Å². The minimum Gasteiger partial charge on any atom is -0.356 e. The van der Waals surface area contributed by atoms with Gasteiger partial charge < -0.3 is 5.32 Å². The third kappa shape index (κ3) is 3.49. The Morgan fingerprint density at radius 1 is 1.22 bits per heavy atom. The number of nitro groups is 1. The third-order valence-corrected chi connectivity index (χ3v) is 3.33. The average Bonchev–Trinajstić information content (AvgIpc) is 3.08. The van der Waals surface area contributed by atoms with Crippen LogP contribution in [0.2, 0.25) is 0 Å². The number of anilines is 1. The maximum atomic E-state index is 11.2. The minimum absolute atomic E-state index is 0.0629. The van der Waals surface area contributed by atoms with Gasteiger partial charge in [0.1, 0.15) is 12.7 Å². The zero-order valence-corrected chi connectivity index (χ0v) is 12.1. The first-order valence-corrected chi connectivity index (χ1v) is 6.97. The van der Waals surface area contributed by atoms with Gasteiger partial charge in [0.2, 0.25) is 5.82 Å². The third-order valence-electron chi connectivity index (χ3n) is 3.33. The molecule has 2 heterocycles. The van der Waals surface area contributed by atoms with Crippen LogP contribution in [0.4, 0.5) is 11.5 Å². The summed E-state index contributed by atoms with van der Waals surface area (Å²) in [7, 11) is 0. The second-order valence-corrected chi connectivity index (χ2v) is 4.85. The molecule has 8 heteroatoms. The second-order valence-electron chi connectivity index (χ2n) is 4.85. The van der Waals surface area contributed by atoms with E-state index in [0.29, 0.717) is 6.54 Å². The molecule has 0 spiro atoms. The van der Waals surface area contributed by atoms with Crippen molar-refractivity contribution in [3.8, 4) is 0 Å². The quantitative estimate of drug-likeness (QED) is 0.554. The van der Waals surface area contributed by atoms with Gasteiger partial charge in [-0.3, -0.25) is 14.8 Å². The number of pyridine rings is 1. The summed E-state index contributed by atoms with van der Waals surface area (Å²) in [6, 6.07) is 12.4. The normalized spacial score (nSPS) is 11.8. The molecule has 0 aliphatic carbocycles. The molecule has 116 valence electrons. The van der Waals surface area contributed by atoms with Gasteiger partial charge in [-0.2, -0.15) is 5.10 Å².